The van der Waals surface area contributed by atoms with E-state index in [9.17, 15) is 9.59 Å². The molecule has 27 heavy (non-hydrogen) atoms. The molecule has 1 saturated heterocycles. The van der Waals surface area contributed by atoms with Crippen molar-refractivity contribution in [2.45, 2.75) is 50.6 Å². The summed E-state index contributed by atoms with van der Waals surface area (Å²) in [6.45, 7) is 1.25. The van der Waals surface area contributed by atoms with Crippen LogP contribution in [0.15, 0.2) is 24.3 Å². The molecule has 2 N–H and O–H groups in total. The van der Waals surface area contributed by atoms with E-state index in [0.717, 1.165) is 24.3 Å². The number of hydrogen-bond acceptors (Lipinski definition) is 4. The van der Waals surface area contributed by atoms with Gasteiger partial charge >= 0.3 is 0 Å². The molecule has 2 amide bonds. The molecule has 3 atom stereocenters. The Morgan fingerprint density at radius 3 is 2.93 bits per heavy atom. The number of hydrogen-bond donors (Lipinski definition) is 2. The van der Waals surface area contributed by atoms with E-state index in [2.05, 4.69) is 10.6 Å². The highest BCUT2D eigenvalue weighted by atomic mass is 35.5. The maximum Gasteiger partial charge on any atom is 0.265 e. The number of nitrogens with zero attached hydrogens (tertiary/aromatic N) is 1. The number of ether oxygens (including phenoxy) is 1. The third-order valence-corrected chi connectivity index (χ3v) is 5.85. The molecule has 3 aliphatic rings. The first-order chi connectivity index (χ1) is 12.7. The molecule has 0 bridgehead atoms. The minimum absolute atomic E-state index is 0. The molecule has 2 fully saturated rings. The zero-order valence-corrected chi connectivity index (χ0v) is 16.3. The van der Waals surface area contributed by atoms with Gasteiger partial charge in [0, 0.05) is 19.1 Å². The number of amides is 2. The van der Waals surface area contributed by atoms with Gasteiger partial charge in [-0.05, 0) is 43.7 Å². The second-order valence-electron chi connectivity index (χ2n) is 7.55. The van der Waals surface area contributed by atoms with Crippen molar-refractivity contribution in [3.63, 3.8) is 0 Å². The molecule has 1 aromatic rings. The van der Waals surface area contributed by atoms with Gasteiger partial charge in [-0.3, -0.25) is 9.59 Å². The molecule has 1 aliphatic carbocycles. The van der Waals surface area contributed by atoms with Gasteiger partial charge in [-0.1, -0.05) is 25.0 Å². The number of nitrogens with one attached hydrogen (secondary N) is 2. The predicted octanol–water partition coefficient (Wildman–Crippen LogP) is 2.26. The Bertz CT molecular complexity index is 670. The van der Waals surface area contributed by atoms with Gasteiger partial charge < -0.3 is 20.3 Å². The van der Waals surface area contributed by atoms with Gasteiger partial charge in [0.25, 0.3) is 5.91 Å². The average molecular weight is 394 g/mol. The van der Waals surface area contributed by atoms with Gasteiger partial charge in [-0.15, -0.1) is 12.4 Å². The van der Waals surface area contributed by atoms with Gasteiger partial charge in [0.05, 0.1) is 11.7 Å². The first-order valence-electron chi connectivity index (χ1n) is 9.78. The van der Waals surface area contributed by atoms with Crippen molar-refractivity contribution in [3.05, 3.63) is 24.3 Å². The number of anilines is 1. The van der Waals surface area contributed by atoms with Gasteiger partial charge in [-0.25, -0.2) is 0 Å². The summed E-state index contributed by atoms with van der Waals surface area (Å²) in [4.78, 5) is 26.3. The fourth-order valence-electron chi connectivity index (χ4n) is 4.49. The summed E-state index contributed by atoms with van der Waals surface area (Å²) >= 11 is 0. The van der Waals surface area contributed by atoms with Crippen LogP contribution in [-0.4, -0.2) is 43.6 Å². The lowest BCUT2D eigenvalue weighted by molar-refractivity contribution is -0.122. The van der Waals surface area contributed by atoms with E-state index in [0.29, 0.717) is 25.0 Å². The van der Waals surface area contributed by atoms with Gasteiger partial charge in [0.2, 0.25) is 5.91 Å². The van der Waals surface area contributed by atoms with Crippen LogP contribution in [-0.2, 0) is 9.59 Å². The Morgan fingerprint density at radius 1 is 1.26 bits per heavy atom. The van der Waals surface area contributed by atoms with Crippen molar-refractivity contribution in [2.24, 2.45) is 5.92 Å². The van der Waals surface area contributed by atoms with E-state index in [1.165, 1.54) is 25.7 Å². The summed E-state index contributed by atoms with van der Waals surface area (Å²) in [5, 5.41) is 6.55. The predicted molar refractivity (Wildman–Crippen MR) is 106 cm³/mol. The summed E-state index contributed by atoms with van der Waals surface area (Å²) in [5.74, 6) is 1.49. The molecule has 1 aromatic carbocycles. The van der Waals surface area contributed by atoms with E-state index in [4.69, 9.17) is 4.74 Å². The molecule has 0 spiro atoms. The van der Waals surface area contributed by atoms with Crippen LogP contribution in [0.25, 0.3) is 0 Å². The molecular formula is C20H28ClN3O3. The van der Waals surface area contributed by atoms with Crippen molar-refractivity contribution in [3.8, 4) is 5.75 Å². The van der Waals surface area contributed by atoms with Gasteiger partial charge in [-0.2, -0.15) is 0 Å². The summed E-state index contributed by atoms with van der Waals surface area (Å²) < 4.78 is 5.46. The summed E-state index contributed by atoms with van der Waals surface area (Å²) in [7, 11) is 0. The molecule has 0 aromatic heterocycles. The van der Waals surface area contributed by atoms with Crippen molar-refractivity contribution in [2.75, 3.05) is 24.6 Å². The molecule has 0 radical (unpaired) electrons. The molecule has 2 heterocycles. The van der Waals surface area contributed by atoms with Crippen molar-refractivity contribution in [1.29, 1.82) is 0 Å². The quantitative estimate of drug-likeness (QED) is 0.753. The number of benzene rings is 1. The lowest BCUT2D eigenvalue weighted by atomic mass is 9.85. The fourth-order valence-corrected chi connectivity index (χ4v) is 4.49. The third kappa shape index (κ3) is 4.38. The SMILES string of the molecule is Cl.O=C(NCCCN1C(=O)COc2ccccc21)C1CC2CCCCC2N1. The average Bonchev–Trinajstić information content (AvgIpc) is 3.11. The first kappa shape index (κ1) is 20.0. The molecule has 2 aliphatic heterocycles. The number of halogens is 1. The standard InChI is InChI=1S/C20H27N3O3.ClH/c24-19-13-26-18-9-4-3-8-17(18)23(19)11-5-10-21-20(25)16-12-14-6-1-2-7-15(14)22-16;/h3-4,8-9,14-16,22H,1-2,5-7,10-13H2,(H,21,25);1H. The molecule has 6 nitrogen and oxygen atoms in total. The van der Waals surface area contributed by atoms with E-state index < -0.39 is 0 Å². The Kier molecular flexibility index (Phi) is 6.60. The minimum atomic E-state index is -0.0474. The Morgan fingerprint density at radius 2 is 2.07 bits per heavy atom. The van der Waals surface area contributed by atoms with Crippen LogP contribution in [0.2, 0.25) is 0 Å². The minimum Gasteiger partial charge on any atom is -0.482 e. The molecule has 4 rings (SSSR count). The smallest absolute Gasteiger partial charge is 0.265 e. The fraction of sp³-hybridized carbons (Fsp3) is 0.600. The van der Waals surface area contributed by atoms with Crippen LogP contribution >= 0.6 is 12.4 Å². The monoisotopic (exact) mass is 393 g/mol. The zero-order chi connectivity index (χ0) is 17.9. The summed E-state index contributed by atoms with van der Waals surface area (Å²) in [6, 6.07) is 8.06. The largest absolute Gasteiger partial charge is 0.482 e. The van der Waals surface area contributed by atoms with Crippen LogP contribution < -0.4 is 20.3 Å². The highest BCUT2D eigenvalue weighted by molar-refractivity contribution is 5.97. The molecular weight excluding hydrogens is 366 g/mol. The number of carbonyl (C=O) groups excluding carboxylic acids is 2. The lowest BCUT2D eigenvalue weighted by Crippen LogP contribution is -2.44. The second kappa shape index (κ2) is 8.93. The summed E-state index contributed by atoms with van der Waals surface area (Å²) in [6.07, 6.45) is 6.72. The number of carbonyl (C=O) groups is 2. The van der Waals surface area contributed by atoms with E-state index in [-0.39, 0.29) is 36.9 Å². The van der Waals surface area contributed by atoms with Crippen LogP contribution in [0.3, 0.4) is 0 Å². The zero-order valence-electron chi connectivity index (χ0n) is 15.5. The lowest BCUT2D eigenvalue weighted by Gasteiger charge is -2.29. The van der Waals surface area contributed by atoms with Crippen LogP contribution in [0, 0.1) is 5.92 Å². The molecule has 148 valence electrons. The highest BCUT2D eigenvalue weighted by Gasteiger charge is 2.38. The van der Waals surface area contributed by atoms with Crippen molar-refractivity contribution in [1.82, 2.24) is 10.6 Å². The van der Waals surface area contributed by atoms with Gasteiger partial charge in [0.1, 0.15) is 5.75 Å². The molecule has 7 heteroatoms. The maximum atomic E-state index is 12.4. The summed E-state index contributed by atoms with van der Waals surface area (Å²) in [5.41, 5.74) is 0.816. The number of fused-ring (bicyclic) bond motifs is 2. The highest BCUT2D eigenvalue weighted by Crippen LogP contribution is 2.33. The van der Waals surface area contributed by atoms with Crippen molar-refractivity contribution >= 4 is 29.9 Å². The van der Waals surface area contributed by atoms with Crippen molar-refractivity contribution < 1.29 is 14.3 Å². The Labute approximate surface area is 166 Å². The topological polar surface area (TPSA) is 70.7 Å². The molecule has 1 saturated carbocycles. The van der Waals surface area contributed by atoms with Crippen LogP contribution in [0.1, 0.15) is 38.5 Å². The first-order valence-corrected chi connectivity index (χ1v) is 9.78. The van der Waals surface area contributed by atoms with Crippen LogP contribution in [0.4, 0.5) is 5.69 Å². The number of para-hydroxylation sites is 2. The van der Waals surface area contributed by atoms with E-state index in [1.54, 1.807) is 4.90 Å². The number of rotatable bonds is 5. The normalized spacial score (nSPS) is 26.4. The Hall–Kier alpha value is -1.79. The second-order valence-corrected chi connectivity index (χ2v) is 7.55. The third-order valence-electron chi connectivity index (χ3n) is 5.85. The van der Waals surface area contributed by atoms with Gasteiger partial charge in [0.15, 0.2) is 6.61 Å². The Balaban J connectivity index is 0.00000210. The van der Waals surface area contributed by atoms with Crippen LogP contribution in [0.5, 0.6) is 5.75 Å². The van der Waals surface area contributed by atoms with E-state index >= 15 is 0 Å². The maximum absolute atomic E-state index is 12.4. The molecule has 3 unspecified atom stereocenters. The van der Waals surface area contributed by atoms with E-state index in [1.807, 2.05) is 24.3 Å².